The van der Waals surface area contributed by atoms with E-state index < -0.39 is 0 Å². The van der Waals surface area contributed by atoms with E-state index in [4.69, 9.17) is 11.6 Å². The summed E-state index contributed by atoms with van der Waals surface area (Å²) in [5, 5.41) is 10.3. The van der Waals surface area contributed by atoms with Crippen LogP contribution in [0.1, 0.15) is 42.1 Å². The minimum Gasteiger partial charge on any atom is -0.343 e. The summed E-state index contributed by atoms with van der Waals surface area (Å²) in [6.45, 7) is 8.44. The quantitative estimate of drug-likeness (QED) is 0.654. The second kappa shape index (κ2) is 10.1. The number of para-hydroxylation sites is 1. The fourth-order valence-electron chi connectivity index (χ4n) is 2.79. The number of carbonyl (C=O) groups excluding carboxylic acids is 2. The molecule has 150 valence electrons. The Kier molecular flexibility index (Phi) is 7.81. The van der Waals surface area contributed by atoms with Crippen molar-refractivity contribution in [2.75, 3.05) is 11.9 Å². The summed E-state index contributed by atoms with van der Waals surface area (Å²) in [5.41, 5.74) is 4.21. The van der Waals surface area contributed by atoms with Gasteiger partial charge >= 0.3 is 0 Å². The Morgan fingerprint density at radius 1 is 1.21 bits per heavy atom. The molecule has 7 heteroatoms. The lowest BCUT2D eigenvalue weighted by molar-refractivity contribution is -0.121. The molecule has 1 aromatic heterocycles. The molecule has 0 saturated carbocycles. The van der Waals surface area contributed by atoms with Gasteiger partial charge in [-0.05, 0) is 44.4 Å². The average Bonchev–Trinajstić information content (AvgIpc) is 2.92. The summed E-state index contributed by atoms with van der Waals surface area (Å²) in [6.07, 6.45) is 5.03. The number of hydrogen-bond donors (Lipinski definition) is 2. The first-order chi connectivity index (χ1) is 13.3. The topological polar surface area (TPSA) is 76.0 Å². The summed E-state index contributed by atoms with van der Waals surface area (Å²) in [4.78, 5) is 24.2. The molecule has 0 radical (unpaired) electrons. The highest BCUT2D eigenvalue weighted by molar-refractivity contribution is 6.31. The van der Waals surface area contributed by atoms with E-state index in [0.29, 0.717) is 10.7 Å². The molecule has 2 aromatic rings. The number of aromatic nitrogens is 2. The average molecular weight is 403 g/mol. The van der Waals surface area contributed by atoms with E-state index in [1.54, 1.807) is 10.8 Å². The van der Waals surface area contributed by atoms with Crippen molar-refractivity contribution in [2.24, 2.45) is 0 Å². The van der Waals surface area contributed by atoms with Crippen LogP contribution in [0.5, 0.6) is 0 Å². The first kappa shape index (κ1) is 21.7. The number of hydrogen-bond acceptors (Lipinski definition) is 3. The van der Waals surface area contributed by atoms with Gasteiger partial charge in [-0.25, -0.2) is 0 Å². The van der Waals surface area contributed by atoms with Crippen molar-refractivity contribution in [3.05, 3.63) is 51.8 Å². The molecule has 1 heterocycles. The number of nitrogens with one attached hydrogen (secondary N) is 2. The summed E-state index contributed by atoms with van der Waals surface area (Å²) in [7, 11) is 0. The number of aryl methyl sites for hydroxylation is 4. The molecule has 0 saturated heterocycles. The molecule has 0 aliphatic rings. The van der Waals surface area contributed by atoms with Crippen LogP contribution in [0.2, 0.25) is 5.15 Å². The molecule has 0 unspecified atom stereocenters. The molecule has 2 amide bonds. The first-order valence-corrected chi connectivity index (χ1v) is 9.76. The Morgan fingerprint density at radius 2 is 1.89 bits per heavy atom. The van der Waals surface area contributed by atoms with Crippen LogP contribution in [-0.4, -0.2) is 28.1 Å². The molecular formula is C21H27ClN4O2. The third-order valence-electron chi connectivity index (χ3n) is 4.40. The SMILES string of the molecule is CCCCn1nc(C)c(/C=C/C(=O)NCC(=O)Nc2c(C)cccc2C)c1Cl. The van der Waals surface area contributed by atoms with Crippen molar-refractivity contribution >= 4 is 35.2 Å². The predicted molar refractivity (Wildman–Crippen MR) is 113 cm³/mol. The zero-order valence-electron chi connectivity index (χ0n) is 16.8. The second-order valence-electron chi connectivity index (χ2n) is 6.73. The van der Waals surface area contributed by atoms with Crippen molar-refractivity contribution in [2.45, 2.75) is 47.1 Å². The third-order valence-corrected chi connectivity index (χ3v) is 4.80. The molecule has 0 atom stereocenters. The molecule has 2 rings (SSSR count). The number of halogens is 1. The molecule has 28 heavy (non-hydrogen) atoms. The van der Waals surface area contributed by atoms with Crippen LogP contribution in [-0.2, 0) is 16.1 Å². The molecule has 6 nitrogen and oxygen atoms in total. The maximum Gasteiger partial charge on any atom is 0.244 e. The standard InChI is InChI=1S/C21H27ClN4O2/c1-5-6-12-26-21(22)17(16(4)25-26)10-11-18(27)23-13-19(28)24-20-14(2)8-7-9-15(20)3/h7-11H,5-6,12-13H2,1-4H3,(H,23,27)(H,24,28)/b11-10+. The highest BCUT2D eigenvalue weighted by atomic mass is 35.5. The lowest BCUT2D eigenvalue weighted by Crippen LogP contribution is -2.32. The van der Waals surface area contributed by atoms with E-state index in [0.717, 1.165) is 41.9 Å². The van der Waals surface area contributed by atoms with E-state index in [2.05, 4.69) is 22.7 Å². The molecule has 0 aliphatic carbocycles. The largest absolute Gasteiger partial charge is 0.343 e. The lowest BCUT2D eigenvalue weighted by Gasteiger charge is -2.11. The molecule has 0 aliphatic heterocycles. The van der Waals surface area contributed by atoms with Gasteiger partial charge in [0, 0.05) is 23.9 Å². The van der Waals surface area contributed by atoms with Crippen LogP contribution >= 0.6 is 11.6 Å². The minimum absolute atomic E-state index is 0.112. The Balaban J connectivity index is 1.92. The van der Waals surface area contributed by atoms with Gasteiger partial charge < -0.3 is 10.6 Å². The van der Waals surface area contributed by atoms with Gasteiger partial charge in [0.05, 0.1) is 12.2 Å². The predicted octanol–water partition coefficient (Wildman–Crippen LogP) is 4.03. The van der Waals surface area contributed by atoms with Crippen molar-refractivity contribution in [3.8, 4) is 0 Å². The van der Waals surface area contributed by atoms with Gasteiger partial charge in [0.15, 0.2) is 0 Å². The Morgan fingerprint density at radius 3 is 2.54 bits per heavy atom. The number of anilines is 1. The Labute approximate surface area is 171 Å². The normalized spacial score (nSPS) is 11.0. The minimum atomic E-state index is -0.367. The lowest BCUT2D eigenvalue weighted by atomic mass is 10.1. The Hall–Kier alpha value is -2.60. The maximum atomic E-state index is 12.1. The van der Waals surface area contributed by atoms with Gasteiger partial charge in [0.1, 0.15) is 5.15 Å². The van der Waals surface area contributed by atoms with E-state index in [1.807, 2.05) is 39.0 Å². The Bertz CT molecular complexity index is 867. The summed E-state index contributed by atoms with van der Waals surface area (Å²) < 4.78 is 1.75. The van der Waals surface area contributed by atoms with Crippen LogP contribution in [0.3, 0.4) is 0 Å². The van der Waals surface area contributed by atoms with Crippen molar-refractivity contribution < 1.29 is 9.59 Å². The first-order valence-electron chi connectivity index (χ1n) is 9.38. The summed E-state index contributed by atoms with van der Waals surface area (Å²) in [6, 6.07) is 5.79. The molecule has 1 aromatic carbocycles. The number of rotatable bonds is 8. The van der Waals surface area contributed by atoms with E-state index in [9.17, 15) is 9.59 Å². The van der Waals surface area contributed by atoms with Crippen LogP contribution < -0.4 is 10.6 Å². The molecule has 0 fully saturated rings. The van der Waals surface area contributed by atoms with Gasteiger partial charge in [-0.3, -0.25) is 14.3 Å². The van der Waals surface area contributed by atoms with E-state index in [1.165, 1.54) is 6.08 Å². The van der Waals surface area contributed by atoms with Gasteiger partial charge in [-0.2, -0.15) is 5.10 Å². The second-order valence-corrected chi connectivity index (χ2v) is 7.09. The number of benzene rings is 1. The van der Waals surface area contributed by atoms with Gasteiger partial charge in [-0.15, -0.1) is 0 Å². The fourth-order valence-corrected chi connectivity index (χ4v) is 3.12. The highest BCUT2D eigenvalue weighted by Crippen LogP contribution is 2.22. The van der Waals surface area contributed by atoms with Gasteiger partial charge in [0.2, 0.25) is 11.8 Å². The zero-order valence-corrected chi connectivity index (χ0v) is 17.6. The zero-order chi connectivity index (χ0) is 20.7. The van der Waals surface area contributed by atoms with Crippen LogP contribution in [0.4, 0.5) is 5.69 Å². The number of unbranched alkanes of at least 4 members (excludes halogenated alkanes) is 1. The molecular weight excluding hydrogens is 376 g/mol. The van der Waals surface area contributed by atoms with Gasteiger partial charge in [0.25, 0.3) is 0 Å². The number of amides is 2. The molecule has 2 N–H and O–H groups in total. The van der Waals surface area contributed by atoms with Gasteiger partial charge in [-0.1, -0.05) is 43.1 Å². The van der Waals surface area contributed by atoms with E-state index in [-0.39, 0.29) is 18.4 Å². The molecule has 0 bridgehead atoms. The summed E-state index contributed by atoms with van der Waals surface area (Å²) >= 11 is 6.35. The number of carbonyl (C=O) groups is 2. The van der Waals surface area contributed by atoms with E-state index >= 15 is 0 Å². The highest BCUT2D eigenvalue weighted by Gasteiger charge is 2.12. The van der Waals surface area contributed by atoms with Crippen LogP contribution in [0.15, 0.2) is 24.3 Å². The van der Waals surface area contributed by atoms with Crippen LogP contribution in [0, 0.1) is 20.8 Å². The maximum absolute atomic E-state index is 12.1. The van der Waals surface area contributed by atoms with Crippen molar-refractivity contribution in [1.29, 1.82) is 0 Å². The third kappa shape index (κ3) is 5.70. The summed E-state index contributed by atoms with van der Waals surface area (Å²) in [5.74, 6) is -0.644. The fraction of sp³-hybridized carbons (Fsp3) is 0.381. The molecule has 0 spiro atoms. The van der Waals surface area contributed by atoms with Crippen molar-refractivity contribution in [3.63, 3.8) is 0 Å². The monoisotopic (exact) mass is 402 g/mol. The van der Waals surface area contributed by atoms with Crippen molar-refractivity contribution in [1.82, 2.24) is 15.1 Å². The smallest absolute Gasteiger partial charge is 0.244 e. The number of nitrogens with zero attached hydrogens (tertiary/aromatic N) is 2. The van der Waals surface area contributed by atoms with Crippen LogP contribution in [0.25, 0.3) is 6.08 Å².